The molecule has 0 saturated heterocycles. The second-order valence-corrected chi connectivity index (χ2v) is 2.61. The van der Waals surface area contributed by atoms with Gasteiger partial charge in [0.2, 0.25) is 0 Å². The Kier molecular flexibility index (Phi) is 1.51. The molecule has 2 atom stereocenters. The lowest BCUT2D eigenvalue weighted by Gasteiger charge is -1.88. The summed E-state index contributed by atoms with van der Waals surface area (Å²) in [6, 6.07) is 0. The first-order valence-corrected chi connectivity index (χ1v) is 3.10. The fraction of sp³-hybridized carbons (Fsp3) is 0.833. The highest BCUT2D eigenvalue weighted by atomic mass is 19.3. The molecule has 1 fully saturated rings. The molecule has 0 amide bonds. The number of alkyl halides is 2. The fourth-order valence-corrected chi connectivity index (χ4v) is 1.24. The standard InChI is InChI=1S/C6H9F2NO/c1-3(10)5-4(2-9)6(5,7)8/h4-5H,2,9H2,1H3. The van der Waals surface area contributed by atoms with Crippen LogP contribution in [0, 0.1) is 11.8 Å². The predicted octanol–water partition coefficient (Wildman–Crippen LogP) is 0.415. The van der Waals surface area contributed by atoms with Gasteiger partial charge in [-0.3, -0.25) is 4.79 Å². The van der Waals surface area contributed by atoms with E-state index in [-0.39, 0.29) is 6.54 Å². The molecule has 1 rings (SSSR count). The second kappa shape index (κ2) is 1.99. The zero-order chi connectivity index (χ0) is 7.94. The average Bonchev–Trinajstić information content (AvgIpc) is 2.33. The molecule has 2 N–H and O–H groups in total. The molecular formula is C6H9F2NO. The summed E-state index contributed by atoms with van der Waals surface area (Å²) >= 11 is 0. The lowest BCUT2D eigenvalue weighted by atomic mass is 10.2. The van der Waals surface area contributed by atoms with Crippen LogP contribution in [0.5, 0.6) is 0 Å². The third-order valence-corrected chi connectivity index (χ3v) is 1.89. The van der Waals surface area contributed by atoms with E-state index in [0.29, 0.717) is 0 Å². The van der Waals surface area contributed by atoms with Crippen LogP contribution < -0.4 is 5.73 Å². The van der Waals surface area contributed by atoms with E-state index in [1.54, 1.807) is 0 Å². The van der Waals surface area contributed by atoms with Gasteiger partial charge in [0.25, 0.3) is 5.92 Å². The minimum atomic E-state index is -2.82. The maximum atomic E-state index is 12.4. The zero-order valence-electron chi connectivity index (χ0n) is 5.60. The van der Waals surface area contributed by atoms with Crippen molar-refractivity contribution in [2.45, 2.75) is 12.8 Å². The van der Waals surface area contributed by atoms with Crippen molar-refractivity contribution in [1.29, 1.82) is 0 Å². The lowest BCUT2D eigenvalue weighted by molar-refractivity contribution is -0.120. The van der Waals surface area contributed by atoms with Crippen LogP contribution in [0.15, 0.2) is 0 Å². The Morgan fingerprint density at radius 1 is 1.70 bits per heavy atom. The molecule has 0 aliphatic heterocycles. The molecule has 0 aromatic rings. The molecule has 0 radical (unpaired) electrons. The van der Waals surface area contributed by atoms with Gasteiger partial charge < -0.3 is 5.73 Å². The number of Topliss-reactive ketones (excluding diaryl/α,β-unsaturated/α-hetero) is 1. The fourth-order valence-electron chi connectivity index (χ4n) is 1.24. The van der Waals surface area contributed by atoms with Gasteiger partial charge in [-0.1, -0.05) is 0 Å². The summed E-state index contributed by atoms with van der Waals surface area (Å²) in [7, 11) is 0. The molecule has 0 aromatic heterocycles. The molecule has 4 heteroatoms. The Bertz CT molecular complexity index is 169. The Hall–Kier alpha value is -0.510. The van der Waals surface area contributed by atoms with E-state index in [4.69, 9.17) is 5.73 Å². The SMILES string of the molecule is CC(=O)C1C(CN)C1(F)F. The van der Waals surface area contributed by atoms with Crippen molar-refractivity contribution in [3.05, 3.63) is 0 Å². The van der Waals surface area contributed by atoms with Gasteiger partial charge in [0, 0.05) is 6.54 Å². The molecule has 2 unspecified atom stereocenters. The normalized spacial score (nSPS) is 35.6. The Labute approximate surface area is 57.4 Å². The molecule has 0 bridgehead atoms. The molecule has 1 saturated carbocycles. The smallest absolute Gasteiger partial charge is 0.263 e. The van der Waals surface area contributed by atoms with Crippen LogP contribution in [0.3, 0.4) is 0 Å². The summed E-state index contributed by atoms with van der Waals surface area (Å²) < 4.78 is 24.8. The van der Waals surface area contributed by atoms with E-state index in [2.05, 4.69) is 0 Å². The highest BCUT2D eigenvalue weighted by Gasteiger charge is 2.69. The number of rotatable bonds is 2. The first-order valence-electron chi connectivity index (χ1n) is 3.10. The van der Waals surface area contributed by atoms with Gasteiger partial charge in [-0.2, -0.15) is 0 Å². The molecule has 0 spiro atoms. The lowest BCUT2D eigenvalue weighted by Crippen LogP contribution is -2.06. The van der Waals surface area contributed by atoms with E-state index in [1.807, 2.05) is 0 Å². The van der Waals surface area contributed by atoms with E-state index >= 15 is 0 Å². The molecule has 0 heterocycles. The number of carbonyl (C=O) groups is 1. The van der Waals surface area contributed by atoms with Crippen LogP contribution in [0.2, 0.25) is 0 Å². The van der Waals surface area contributed by atoms with Gasteiger partial charge in [-0.25, -0.2) is 8.78 Å². The number of ketones is 1. The number of halogens is 2. The summed E-state index contributed by atoms with van der Waals surface area (Å²) in [4.78, 5) is 10.5. The largest absolute Gasteiger partial charge is 0.330 e. The van der Waals surface area contributed by atoms with Crippen LogP contribution in [0.4, 0.5) is 8.78 Å². The van der Waals surface area contributed by atoms with E-state index in [1.165, 1.54) is 6.92 Å². The number of nitrogens with two attached hydrogens (primary N) is 1. The minimum absolute atomic E-state index is 0.1000. The van der Waals surface area contributed by atoms with E-state index < -0.39 is 23.5 Å². The summed E-state index contributed by atoms with van der Waals surface area (Å²) in [5.41, 5.74) is 5.01. The monoisotopic (exact) mass is 149 g/mol. The molecule has 1 aliphatic carbocycles. The third-order valence-electron chi connectivity index (χ3n) is 1.89. The molecule has 58 valence electrons. The second-order valence-electron chi connectivity index (χ2n) is 2.61. The van der Waals surface area contributed by atoms with Crippen molar-refractivity contribution in [2.24, 2.45) is 17.6 Å². The molecule has 2 nitrogen and oxygen atoms in total. The van der Waals surface area contributed by atoms with E-state index in [0.717, 1.165) is 0 Å². The molecular weight excluding hydrogens is 140 g/mol. The highest BCUT2D eigenvalue weighted by Crippen LogP contribution is 2.54. The van der Waals surface area contributed by atoms with E-state index in [9.17, 15) is 13.6 Å². The first kappa shape index (κ1) is 7.60. The molecule has 0 aromatic carbocycles. The first-order chi connectivity index (χ1) is 4.51. The summed E-state index contributed by atoms with van der Waals surface area (Å²) in [5, 5.41) is 0. The number of hydrogen-bond acceptors (Lipinski definition) is 2. The van der Waals surface area contributed by atoms with Crippen molar-refractivity contribution in [1.82, 2.24) is 0 Å². The van der Waals surface area contributed by atoms with Gasteiger partial charge in [0.05, 0.1) is 11.8 Å². The summed E-state index contributed by atoms with van der Waals surface area (Å²) in [6.07, 6.45) is 0. The van der Waals surface area contributed by atoms with Gasteiger partial charge in [-0.05, 0) is 6.92 Å². The zero-order valence-corrected chi connectivity index (χ0v) is 5.60. The number of hydrogen-bond donors (Lipinski definition) is 1. The highest BCUT2D eigenvalue weighted by molar-refractivity contribution is 5.83. The minimum Gasteiger partial charge on any atom is -0.330 e. The van der Waals surface area contributed by atoms with Gasteiger partial charge >= 0.3 is 0 Å². The van der Waals surface area contributed by atoms with Gasteiger partial charge in [0.15, 0.2) is 0 Å². The average molecular weight is 149 g/mol. The quantitative estimate of drug-likeness (QED) is 0.618. The maximum Gasteiger partial charge on any atom is 0.263 e. The van der Waals surface area contributed by atoms with Crippen molar-refractivity contribution in [3.8, 4) is 0 Å². The van der Waals surface area contributed by atoms with Gasteiger partial charge in [0.1, 0.15) is 5.78 Å². The van der Waals surface area contributed by atoms with Crippen LogP contribution in [-0.2, 0) is 4.79 Å². The third kappa shape index (κ3) is 0.831. The molecule has 1 aliphatic rings. The molecule has 10 heavy (non-hydrogen) atoms. The Balaban J connectivity index is 2.61. The van der Waals surface area contributed by atoms with Crippen molar-refractivity contribution < 1.29 is 13.6 Å². The Morgan fingerprint density at radius 2 is 2.20 bits per heavy atom. The van der Waals surface area contributed by atoms with Crippen LogP contribution in [0.1, 0.15) is 6.92 Å². The van der Waals surface area contributed by atoms with Crippen LogP contribution in [0.25, 0.3) is 0 Å². The van der Waals surface area contributed by atoms with Crippen molar-refractivity contribution >= 4 is 5.78 Å². The predicted molar refractivity (Wildman–Crippen MR) is 31.7 cm³/mol. The van der Waals surface area contributed by atoms with Crippen molar-refractivity contribution in [3.63, 3.8) is 0 Å². The van der Waals surface area contributed by atoms with Crippen LogP contribution in [-0.4, -0.2) is 18.3 Å². The summed E-state index contributed by atoms with van der Waals surface area (Å²) in [5.74, 6) is -5.27. The number of carbonyl (C=O) groups excluding carboxylic acids is 1. The maximum absolute atomic E-state index is 12.4. The Morgan fingerprint density at radius 3 is 2.30 bits per heavy atom. The summed E-state index contributed by atoms with van der Waals surface area (Å²) in [6.45, 7) is 1.07. The van der Waals surface area contributed by atoms with Crippen LogP contribution >= 0.6 is 0 Å². The topological polar surface area (TPSA) is 43.1 Å². The van der Waals surface area contributed by atoms with Gasteiger partial charge in [-0.15, -0.1) is 0 Å². The van der Waals surface area contributed by atoms with Crippen molar-refractivity contribution in [2.75, 3.05) is 6.54 Å².